The largest absolute Gasteiger partial charge is 0.351 e. The van der Waals surface area contributed by atoms with E-state index < -0.39 is 11.9 Å². The maximum atomic E-state index is 12.5. The second-order valence-corrected chi connectivity index (χ2v) is 5.84. The number of benzene rings is 2. The fourth-order valence-electron chi connectivity index (χ4n) is 2.19. The molecule has 0 heterocycles. The number of rotatable bonds is 3. The topological polar surface area (TPSA) is 63.4 Å². The molecule has 2 aromatic rings. The van der Waals surface area contributed by atoms with Crippen molar-refractivity contribution >= 4 is 11.9 Å². The van der Waals surface area contributed by atoms with Crippen LogP contribution >= 0.6 is 0 Å². The van der Waals surface area contributed by atoms with E-state index in [2.05, 4.69) is 11.8 Å². The number of carbonyl (C=O) groups excluding carboxylic acids is 2. The van der Waals surface area contributed by atoms with Crippen LogP contribution in [0, 0.1) is 17.8 Å². The summed E-state index contributed by atoms with van der Waals surface area (Å²) in [6.07, 6.45) is 0. The van der Waals surface area contributed by atoms with E-state index in [9.17, 15) is 9.59 Å². The zero-order chi connectivity index (χ0) is 17.5. The van der Waals surface area contributed by atoms with Crippen molar-refractivity contribution in [2.75, 3.05) is 6.54 Å². The lowest BCUT2D eigenvalue weighted by molar-refractivity contribution is 0.0793. The van der Waals surface area contributed by atoms with Gasteiger partial charge in [0.05, 0.1) is 0 Å². The highest BCUT2D eigenvalue weighted by atomic mass is 16.2. The first-order valence-electron chi connectivity index (χ1n) is 7.76. The van der Waals surface area contributed by atoms with Crippen molar-refractivity contribution in [2.45, 2.75) is 13.8 Å². The molecule has 0 aliphatic rings. The normalized spacial score (nSPS) is 9.96. The number of nitrogens with two attached hydrogens (primary N) is 1. The molecule has 4 nitrogen and oxygen atoms in total. The molecule has 0 fully saturated rings. The fraction of sp³-hybridized carbons (Fsp3) is 0.200. The zero-order valence-corrected chi connectivity index (χ0v) is 13.8. The molecule has 2 rings (SSSR count). The smallest absolute Gasteiger partial charge is 0.321 e. The number of hydrogen-bond acceptors (Lipinski definition) is 2. The van der Waals surface area contributed by atoms with Crippen molar-refractivity contribution in [3.8, 4) is 11.8 Å². The van der Waals surface area contributed by atoms with Gasteiger partial charge in [-0.25, -0.2) is 4.79 Å². The van der Waals surface area contributed by atoms with Crippen LogP contribution < -0.4 is 5.73 Å². The summed E-state index contributed by atoms with van der Waals surface area (Å²) in [5, 5.41) is 0. The van der Waals surface area contributed by atoms with Crippen LogP contribution in [0.4, 0.5) is 4.79 Å². The highest BCUT2D eigenvalue weighted by Gasteiger charge is 2.21. The maximum Gasteiger partial charge on any atom is 0.321 e. The molecule has 0 saturated heterocycles. The van der Waals surface area contributed by atoms with Crippen LogP contribution in [0.25, 0.3) is 0 Å². The summed E-state index contributed by atoms with van der Waals surface area (Å²) in [5.74, 6) is 5.81. The molecule has 2 aromatic carbocycles. The maximum absolute atomic E-state index is 12.5. The molecule has 4 heteroatoms. The Labute approximate surface area is 142 Å². The van der Waals surface area contributed by atoms with Gasteiger partial charge in [0, 0.05) is 23.2 Å². The average molecular weight is 320 g/mol. The van der Waals surface area contributed by atoms with Crippen molar-refractivity contribution in [2.24, 2.45) is 11.7 Å². The van der Waals surface area contributed by atoms with Gasteiger partial charge in [0.25, 0.3) is 5.91 Å². The molecule has 24 heavy (non-hydrogen) atoms. The third kappa shape index (κ3) is 4.72. The molecule has 0 aliphatic heterocycles. The minimum atomic E-state index is -0.741. The first-order chi connectivity index (χ1) is 11.5. The number of amides is 3. The van der Waals surface area contributed by atoms with E-state index in [1.807, 2.05) is 50.2 Å². The van der Waals surface area contributed by atoms with Gasteiger partial charge in [0.2, 0.25) is 0 Å². The van der Waals surface area contributed by atoms with Gasteiger partial charge in [-0.3, -0.25) is 9.69 Å². The van der Waals surface area contributed by atoms with Crippen LogP contribution in [0.15, 0.2) is 54.6 Å². The third-order valence-electron chi connectivity index (χ3n) is 3.29. The molecule has 122 valence electrons. The van der Waals surface area contributed by atoms with Crippen molar-refractivity contribution in [3.63, 3.8) is 0 Å². The molecule has 0 saturated carbocycles. The van der Waals surface area contributed by atoms with Crippen LogP contribution in [-0.4, -0.2) is 23.4 Å². The lowest BCUT2D eigenvalue weighted by Crippen LogP contribution is -2.42. The first-order valence-corrected chi connectivity index (χ1v) is 7.76. The Hall–Kier alpha value is -3.06. The van der Waals surface area contributed by atoms with Gasteiger partial charge in [-0.05, 0) is 36.2 Å². The molecule has 0 aromatic heterocycles. The quantitative estimate of drug-likeness (QED) is 0.882. The van der Waals surface area contributed by atoms with E-state index in [0.29, 0.717) is 11.1 Å². The third-order valence-corrected chi connectivity index (χ3v) is 3.29. The standard InChI is InChI=1S/C20H20N2O2/c1-15(2)14-22(20(21)24)19(23)18-10-6-9-17(13-18)12-11-16-7-4-3-5-8-16/h3-10,13,15H,14H2,1-2H3,(H2,21,24). The van der Waals surface area contributed by atoms with Gasteiger partial charge in [-0.2, -0.15) is 0 Å². The molecule has 0 bridgehead atoms. The number of urea groups is 1. The van der Waals surface area contributed by atoms with Crippen molar-refractivity contribution < 1.29 is 9.59 Å². The van der Waals surface area contributed by atoms with Crippen LogP contribution in [0.2, 0.25) is 0 Å². The first kappa shape index (κ1) is 17.3. The van der Waals surface area contributed by atoms with Crippen LogP contribution in [0.3, 0.4) is 0 Å². The molecule has 3 amide bonds. The Balaban J connectivity index is 2.25. The van der Waals surface area contributed by atoms with Gasteiger partial charge in [-0.15, -0.1) is 0 Å². The van der Waals surface area contributed by atoms with Gasteiger partial charge in [0.15, 0.2) is 0 Å². The molecule has 2 N–H and O–H groups in total. The predicted octanol–water partition coefficient (Wildman–Crippen LogP) is 3.26. The van der Waals surface area contributed by atoms with Gasteiger partial charge in [0.1, 0.15) is 0 Å². The van der Waals surface area contributed by atoms with Gasteiger partial charge >= 0.3 is 6.03 Å². The van der Waals surface area contributed by atoms with E-state index >= 15 is 0 Å². The van der Waals surface area contributed by atoms with Crippen LogP contribution in [0.1, 0.15) is 35.3 Å². The summed E-state index contributed by atoms with van der Waals surface area (Å²) in [4.78, 5) is 25.1. The summed E-state index contributed by atoms with van der Waals surface area (Å²) in [5.41, 5.74) is 7.33. The lowest BCUT2D eigenvalue weighted by Gasteiger charge is -2.20. The number of primary amides is 1. The summed E-state index contributed by atoms with van der Waals surface area (Å²) < 4.78 is 0. The van der Waals surface area contributed by atoms with E-state index in [0.717, 1.165) is 10.5 Å². The Morgan fingerprint density at radius 3 is 2.25 bits per heavy atom. The number of hydrogen-bond donors (Lipinski definition) is 1. The van der Waals surface area contributed by atoms with Gasteiger partial charge < -0.3 is 5.73 Å². The van der Waals surface area contributed by atoms with Crippen molar-refractivity contribution in [1.29, 1.82) is 0 Å². The summed E-state index contributed by atoms with van der Waals surface area (Å²) >= 11 is 0. The van der Waals surface area contributed by atoms with Crippen LogP contribution in [0.5, 0.6) is 0 Å². The minimum Gasteiger partial charge on any atom is -0.351 e. The molecule has 0 unspecified atom stereocenters. The van der Waals surface area contributed by atoms with E-state index in [4.69, 9.17) is 5.73 Å². The van der Waals surface area contributed by atoms with E-state index in [1.54, 1.807) is 18.2 Å². The average Bonchev–Trinajstić information content (AvgIpc) is 2.58. The Kier molecular flexibility index (Phi) is 5.75. The Bertz CT molecular complexity index is 786. The Morgan fingerprint density at radius 2 is 1.62 bits per heavy atom. The number of carbonyl (C=O) groups is 2. The monoisotopic (exact) mass is 320 g/mol. The Morgan fingerprint density at radius 1 is 1.00 bits per heavy atom. The molecule has 0 radical (unpaired) electrons. The van der Waals surface area contributed by atoms with Crippen molar-refractivity contribution in [3.05, 3.63) is 71.3 Å². The predicted molar refractivity (Wildman–Crippen MR) is 94.3 cm³/mol. The molecule has 0 atom stereocenters. The summed E-state index contributed by atoms with van der Waals surface area (Å²) in [6.45, 7) is 4.13. The summed E-state index contributed by atoms with van der Waals surface area (Å²) in [6, 6.07) is 15.8. The van der Waals surface area contributed by atoms with E-state index in [1.165, 1.54) is 0 Å². The van der Waals surface area contributed by atoms with Crippen molar-refractivity contribution in [1.82, 2.24) is 4.90 Å². The highest BCUT2D eigenvalue weighted by molar-refractivity contribution is 6.04. The molecule has 0 aliphatic carbocycles. The molecular formula is C20H20N2O2. The fourth-order valence-corrected chi connectivity index (χ4v) is 2.19. The molecule has 0 spiro atoms. The summed E-state index contributed by atoms with van der Waals surface area (Å²) in [7, 11) is 0. The second kappa shape index (κ2) is 7.98. The van der Waals surface area contributed by atoms with Crippen LogP contribution in [-0.2, 0) is 0 Å². The SMILES string of the molecule is CC(C)CN(C(N)=O)C(=O)c1cccc(C#Cc2ccccc2)c1. The minimum absolute atomic E-state index is 0.141. The van der Waals surface area contributed by atoms with Gasteiger partial charge in [-0.1, -0.05) is 50.0 Å². The molecular weight excluding hydrogens is 300 g/mol. The van der Waals surface area contributed by atoms with E-state index in [-0.39, 0.29) is 12.5 Å². The highest BCUT2D eigenvalue weighted by Crippen LogP contribution is 2.10. The zero-order valence-electron chi connectivity index (χ0n) is 13.8. The number of nitrogens with zero attached hydrogens (tertiary/aromatic N) is 1. The number of imide groups is 1. The lowest BCUT2D eigenvalue weighted by atomic mass is 10.1. The second-order valence-electron chi connectivity index (χ2n) is 5.84.